The number of benzene rings is 1. The Morgan fingerprint density at radius 3 is 2.60 bits per heavy atom. The van der Waals surface area contributed by atoms with Crippen molar-refractivity contribution in [2.45, 2.75) is 64.0 Å². The highest BCUT2D eigenvalue weighted by Gasteiger charge is 2.21. The van der Waals surface area contributed by atoms with Crippen LogP contribution in [-0.2, 0) is 19.4 Å². The quantitative estimate of drug-likeness (QED) is 0.704. The number of nitrogens with zero attached hydrogens (tertiary/aromatic N) is 1. The molecular formula is C18H26BrN. The Morgan fingerprint density at radius 2 is 1.80 bits per heavy atom. The lowest BCUT2D eigenvalue weighted by molar-refractivity contribution is 0.158. The highest BCUT2D eigenvalue weighted by atomic mass is 79.9. The first kappa shape index (κ1) is 14.6. The van der Waals surface area contributed by atoms with Crippen molar-refractivity contribution in [2.75, 3.05) is 11.9 Å². The predicted molar refractivity (Wildman–Crippen MR) is 89.5 cm³/mol. The van der Waals surface area contributed by atoms with Gasteiger partial charge < -0.3 is 0 Å². The summed E-state index contributed by atoms with van der Waals surface area (Å²) in [5, 5.41) is 1.09. The summed E-state index contributed by atoms with van der Waals surface area (Å²) in [5.41, 5.74) is 4.74. The number of aryl methyl sites for hydroxylation is 2. The van der Waals surface area contributed by atoms with Gasteiger partial charge in [-0.05, 0) is 48.8 Å². The molecule has 3 rings (SSSR count). The smallest absolute Gasteiger partial charge is 0.0237 e. The van der Waals surface area contributed by atoms with Crippen LogP contribution in [0, 0.1) is 0 Å². The molecule has 1 saturated carbocycles. The van der Waals surface area contributed by atoms with Crippen molar-refractivity contribution in [3.05, 3.63) is 34.9 Å². The van der Waals surface area contributed by atoms with Crippen molar-refractivity contribution >= 4 is 15.9 Å². The van der Waals surface area contributed by atoms with Gasteiger partial charge in [-0.25, -0.2) is 0 Å². The molecule has 1 aromatic rings. The number of alkyl halides is 1. The summed E-state index contributed by atoms with van der Waals surface area (Å²) in [7, 11) is 0. The molecule has 0 aromatic heterocycles. The molecule has 1 nitrogen and oxygen atoms in total. The topological polar surface area (TPSA) is 3.24 Å². The summed E-state index contributed by atoms with van der Waals surface area (Å²) in [6, 6.07) is 8.04. The first-order chi connectivity index (χ1) is 9.86. The van der Waals surface area contributed by atoms with Crippen LogP contribution in [0.5, 0.6) is 0 Å². The van der Waals surface area contributed by atoms with Gasteiger partial charge in [0.15, 0.2) is 0 Å². The van der Waals surface area contributed by atoms with E-state index in [1.54, 1.807) is 11.1 Å². The number of halogens is 1. The molecule has 0 N–H and O–H groups in total. The normalized spacial score (nSPS) is 19.5. The molecular weight excluding hydrogens is 310 g/mol. The molecule has 0 radical (unpaired) electrons. The molecule has 0 bridgehead atoms. The monoisotopic (exact) mass is 335 g/mol. The molecule has 0 heterocycles. The average molecular weight is 336 g/mol. The zero-order chi connectivity index (χ0) is 13.8. The molecule has 20 heavy (non-hydrogen) atoms. The zero-order valence-corrected chi connectivity index (χ0v) is 14.0. The maximum absolute atomic E-state index is 3.64. The van der Waals surface area contributed by atoms with E-state index >= 15 is 0 Å². The maximum atomic E-state index is 3.64. The Balaban J connectivity index is 1.68. The second kappa shape index (κ2) is 7.09. The minimum atomic E-state index is 0.814. The van der Waals surface area contributed by atoms with E-state index in [-0.39, 0.29) is 0 Å². The van der Waals surface area contributed by atoms with Gasteiger partial charge in [-0.2, -0.15) is 0 Å². The Hall–Kier alpha value is -0.340. The average Bonchev–Trinajstić information content (AvgIpc) is 2.95. The molecule has 1 fully saturated rings. The highest BCUT2D eigenvalue weighted by molar-refractivity contribution is 9.09. The van der Waals surface area contributed by atoms with Gasteiger partial charge in [0.05, 0.1) is 0 Å². The molecule has 1 aromatic carbocycles. The Kier molecular flexibility index (Phi) is 5.17. The van der Waals surface area contributed by atoms with Crippen LogP contribution < -0.4 is 0 Å². The standard InChI is InChI=1S/C18H26BrN/c19-11-12-20(18-7-2-1-3-8-18)14-15-9-10-16-5-4-6-17(16)13-15/h9-10,13,18H,1-8,11-12,14H2. The lowest BCUT2D eigenvalue weighted by atomic mass is 9.93. The third-order valence-electron chi connectivity index (χ3n) is 5.01. The second-order valence-electron chi connectivity index (χ2n) is 6.41. The van der Waals surface area contributed by atoms with E-state index in [2.05, 4.69) is 39.0 Å². The van der Waals surface area contributed by atoms with E-state index < -0.39 is 0 Å². The van der Waals surface area contributed by atoms with Crippen LogP contribution in [0.25, 0.3) is 0 Å². The van der Waals surface area contributed by atoms with Crippen LogP contribution >= 0.6 is 15.9 Å². The fourth-order valence-corrected chi connectivity index (χ4v) is 4.36. The van der Waals surface area contributed by atoms with Crippen LogP contribution in [-0.4, -0.2) is 22.8 Å². The van der Waals surface area contributed by atoms with Gasteiger partial charge in [0, 0.05) is 24.5 Å². The second-order valence-corrected chi connectivity index (χ2v) is 7.20. The zero-order valence-electron chi connectivity index (χ0n) is 12.4. The van der Waals surface area contributed by atoms with E-state index in [0.717, 1.165) is 17.9 Å². The van der Waals surface area contributed by atoms with Crippen LogP contribution in [0.15, 0.2) is 18.2 Å². The maximum Gasteiger partial charge on any atom is 0.0237 e. The molecule has 2 heteroatoms. The SMILES string of the molecule is BrCCN(Cc1ccc2c(c1)CCC2)C1CCCCC1. The van der Waals surface area contributed by atoms with Crippen LogP contribution in [0.2, 0.25) is 0 Å². The van der Waals surface area contributed by atoms with Gasteiger partial charge in [-0.1, -0.05) is 53.4 Å². The summed E-state index contributed by atoms with van der Waals surface area (Å²) < 4.78 is 0. The van der Waals surface area contributed by atoms with Gasteiger partial charge >= 0.3 is 0 Å². The molecule has 0 saturated heterocycles. The van der Waals surface area contributed by atoms with Crippen molar-refractivity contribution in [3.63, 3.8) is 0 Å². The number of hydrogen-bond donors (Lipinski definition) is 0. The summed E-state index contributed by atoms with van der Waals surface area (Å²) in [6.07, 6.45) is 11.0. The molecule has 0 unspecified atom stereocenters. The van der Waals surface area contributed by atoms with Gasteiger partial charge in [0.2, 0.25) is 0 Å². The fraction of sp³-hybridized carbons (Fsp3) is 0.667. The van der Waals surface area contributed by atoms with Gasteiger partial charge in [0.25, 0.3) is 0 Å². The van der Waals surface area contributed by atoms with E-state index in [0.29, 0.717) is 0 Å². The molecule has 0 spiro atoms. The molecule has 2 aliphatic carbocycles. The van der Waals surface area contributed by atoms with Gasteiger partial charge in [0.1, 0.15) is 0 Å². The Morgan fingerprint density at radius 1 is 1.00 bits per heavy atom. The lowest BCUT2D eigenvalue weighted by Gasteiger charge is -2.34. The van der Waals surface area contributed by atoms with Crippen molar-refractivity contribution < 1.29 is 0 Å². The minimum Gasteiger partial charge on any atom is -0.295 e. The minimum absolute atomic E-state index is 0.814. The van der Waals surface area contributed by atoms with Gasteiger partial charge in [-0.15, -0.1) is 0 Å². The van der Waals surface area contributed by atoms with Crippen LogP contribution in [0.1, 0.15) is 55.2 Å². The van der Waals surface area contributed by atoms with E-state index in [4.69, 9.17) is 0 Å². The van der Waals surface area contributed by atoms with Crippen molar-refractivity contribution in [1.82, 2.24) is 4.90 Å². The highest BCUT2D eigenvalue weighted by Crippen LogP contribution is 2.26. The molecule has 110 valence electrons. The number of hydrogen-bond acceptors (Lipinski definition) is 1. The third kappa shape index (κ3) is 3.46. The molecule has 2 aliphatic rings. The Bertz CT molecular complexity index is 437. The predicted octanol–water partition coefficient (Wildman–Crippen LogP) is 4.70. The Labute approximate surface area is 131 Å². The molecule has 0 aliphatic heterocycles. The lowest BCUT2D eigenvalue weighted by Crippen LogP contribution is -2.37. The van der Waals surface area contributed by atoms with Crippen molar-refractivity contribution in [3.8, 4) is 0 Å². The molecule has 0 atom stereocenters. The summed E-state index contributed by atoms with van der Waals surface area (Å²) in [5.74, 6) is 0. The summed E-state index contributed by atoms with van der Waals surface area (Å²) in [6.45, 7) is 2.32. The largest absolute Gasteiger partial charge is 0.295 e. The van der Waals surface area contributed by atoms with Crippen molar-refractivity contribution in [1.29, 1.82) is 0 Å². The fourth-order valence-electron chi connectivity index (χ4n) is 3.90. The first-order valence-corrected chi connectivity index (χ1v) is 9.39. The molecule has 0 amide bonds. The number of fused-ring (bicyclic) bond motifs is 1. The van der Waals surface area contributed by atoms with Crippen LogP contribution in [0.3, 0.4) is 0 Å². The first-order valence-electron chi connectivity index (χ1n) is 8.27. The van der Waals surface area contributed by atoms with Gasteiger partial charge in [-0.3, -0.25) is 4.90 Å². The summed E-state index contributed by atoms with van der Waals surface area (Å²) in [4.78, 5) is 2.71. The van der Waals surface area contributed by atoms with E-state index in [9.17, 15) is 0 Å². The van der Waals surface area contributed by atoms with Crippen LogP contribution in [0.4, 0.5) is 0 Å². The third-order valence-corrected chi connectivity index (χ3v) is 5.37. The number of rotatable bonds is 5. The van der Waals surface area contributed by atoms with E-state index in [1.165, 1.54) is 63.5 Å². The summed E-state index contributed by atoms with van der Waals surface area (Å²) >= 11 is 3.64. The van der Waals surface area contributed by atoms with E-state index in [1.807, 2.05) is 0 Å². The van der Waals surface area contributed by atoms with Crippen molar-refractivity contribution in [2.24, 2.45) is 0 Å².